The van der Waals surface area contributed by atoms with Crippen molar-refractivity contribution in [3.63, 3.8) is 0 Å². The molecule has 0 saturated carbocycles. The SMILES string of the molecule is O=C(CCn1cnc2sc3c(c2c1=O)CCCC3)Nc1ccc(N2CCNC2=O)cc1. The van der Waals surface area contributed by atoms with Gasteiger partial charge in [0.25, 0.3) is 5.56 Å². The van der Waals surface area contributed by atoms with E-state index in [2.05, 4.69) is 15.6 Å². The summed E-state index contributed by atoms with van der Waals surface area (Å²) in [6, 6.07) is 7.05. The van der Waals surface area contributed by atoms with E-state index in [1.54, 1.807) is 39.3 Å². The smallest absolute Gasteiger partial charge is 0.321 e. The van der Waals surface area contributed by atoms with E-state index in [1.807, 2.05) is 12.1 Å². The summed E-state index contributed by atoms with van der Waals surface area (Å²) in [5.41, 5.74) is 2.55. The molecule has 160 valence electrons. The van der Waals surface area contributed by atoms with Crippen LogP contribution in [0.4, 0.5) is 16.2 Å². The van der Waals surface area contributed by atoms with Gasteiger partial charge in [-0.2, -0.15) is 0 Å². The number of benzene rings is 1. The number of nitrogens with one attached hydrogen (secondary N) is 2. The Morgan fingerprint density at radius 2 is 1.97 bits per heavy atom. The van der Waals surface area contributed by atoms with E-state index in [-0.39, 0.29) is 30.5 Å². The lowest BCUT2D eigenvalue weighted by atomic mass is 9.97. The summed E-state index contributed by atoms with van der Waals surface area (Å²) in [5.74, 6) is -0.175. The first-order chi connectivity index (χ1) is 15.1. The first-order valence-electron chi connectivity index (χ1n) is 10.5. The summed E-state index contributed by atoms with van der Waals surface area (Å²) in [7, 11) is 0. The lowest BCUT2D eigenvalue weighted by molar-refractivity contribution is -0.116. The monoisotopic (exact) mass is 437 g/mol. The van der Waals surface area contributed by atoms with Gasteiger partial charge in [0, 0.05) is 42.3 Å². The van der Waals surface area contributed by atoms with Gasteiger partial charge in [-0.25, -0.2) is 9.78 Å². The van der Waals surface area contributed by atoms with Gasteiger partial charge in [0.05, 0.1) is 11.7 Å². The summed E-state index contributed by atoms with van der Waals surface area (Å²) in [6.45, 7) is 1.54. The van der Waals surface area contributed by atoms with E-state index in [9.17, 15) is 14.4 Å². The fraction of sp³-hybridized carbons (Fsp3) is 0.364. The van der Waals surface area contributed by atoms with Crippen molar-refractivity contribution in [3.8, 4) is 0 Å². The minimum Gasteiger partial charge on any atom is -0.336 e. The highest BCUT2D eigenvalue weighted by molar-refractivity contribution is 7.18. The molecule has 2 aromatic heterocycles. The summed E-state index contributed by atoms with van der Waals surface area (Å²) < 4.78 is 1.54. The molecular weight excluding hydrogens is 414 g/mol. The molecule has 0 atom stereocenters. The fourth-order valence-corrected chi connectivity index (χ4v) is 5.45. The van der Waals surface area contributed by atoms with Gasteiger partial charge in [0.1, 0.15) is 4.83 Å². The second kappa shape index (κ2) is 8.14. The maximum absolute atomic E-state index is 13.0. The minimum absolute atomic E-state index is 0.0505. The van der Waals surface area contributed by atoms with Crippen molar-refractivity contribution < 1.29 is 9.59 Å². The molecule has 3 heterocycles. The van der Waals surface area contributed by atoms with Gasteiger partial charge in [0.15, 0.2) is 0 Å². The quantitative estimate of drug-likeness (QED) is 0.642. The maximum atomic E-state index is 13.0. The van der Waals surface area contributed by atoms with Gasteiger partial charge in [0.2, 0.25) is 5.91 Å². The summed E-state index contributed by atoms with van der Waals surface area (Å²) >= 11 is 1.63. The predicted molar refractivity (Wildman–Crippen MR) is 121 cm³/mol. The number of amides is 3. The molecule has 1 aliphatic carbocycles. The first-order valence-corrected chi connectivity index (χ1v) is 11.4. The molecule has 1 fully saturated rings. The molecule has 0 unspecified atom stereocenters. The molecule has 1 saturated heterocycles. The Morgan fingerprint density at radius 1 is 1.16 bits per heavy atom. The van der Waals surface area contributed by atoms with Crippen LogP contribution in [-0.4, -0.2) is 34.6 Å². The Labute approximate surface area is 182 Å². The average molecular weight is 438 g/mol. The van der Waals surface area contributed by atoms with Crippen molar-refractivity contribution in [3.05, 3.63) is 51.4 Å². The number of aromatic nitrogens is 2. The van der Waals surface area contributed by atoms with Crippen LogP contribution < -0.4 is 21.1 Å². The van der Waals surface area contributed by atoms with Crippen molar-refractivity contribution in [1.82, 2.24) is 14.9 Å². The molecule has 1 aromatic carbocycles. The number of nitrogens with zero attached hydrogens (tertiary/aromatic N) is 3. The lowest BCUT2D eigenvalue weighted by Gasteiger charge is -2.14. The fourth-order valence-electron chi connectivity index (χ4n) is 4.23. The van der Waals surface area contributed by atoms with Crippen LogP contribution in [0.3, 0.4) is 0 Å². The van der Waals surface area contributed by atoms with E-state index < -0.39 is 0 Å². The number of hydrogen-bond donors (Lipinski definition) is 2. The number of urea groups is 1. The second-order valence-corrected chi connectivity index (χ2v) is 8.95. The van der Waals surface area contributed by atoms with Gasteiger partial charge in [-0.05, 0) is 55.5 Å². The molecule has 0 radical (unpaired) electrons. The number of carbonyl (C=O) groups excluding carboxylic acids is 2. The molecule has 2 aliphatic rings. The normalized spacial score (nSPS) is 15.7. The van der Waals surface area contributed by atoms with Crippen LogP contribution in [-0.2, 0) is 24.2 Å². The Kier molecular flexibility index (Phi) is 5.19. The average Bonchev–Trinajstić information content (AvgIpc) is 3.37. The third-order valence-corrected chi connectivity index (χ3v) is 7.04. The Bertz CT molecular complexity index is 1210. The zero-order valence-corrected chi connectivity index (χ0v) is 17.8. The predicted octanol–water partition coefficient (Wildman–Crippen LogP) is 2.90. The zero-order chi connectivity index (χ0) is 21.4. The van der Waals surface area contributed by atoms with Crippen LogP contribution in [0.25, 0.3) is 10.2 Å². The minimum atomic E-state index is -0.175. The van der Waals surface area contributed by atoms with Gasteiger partial charge >= 0.3 is 6.03 Å². The molecule has 3 aromatic rings. The van der Waals surface area contributed by atoms with Crippen molar-refractivity contribution in [2.75, 3.05) is 23.3 Å². The highest BCUT2D eigenvalue weighted by atomic mass is 32.1. The highest BCUT2D eigenvalue weighted by Gasteiger charge is 2.21. The van der Waals surface area contributed by atoms with E-state index in [4.69, 9.17) is 0 Å². The molecule has 0 spiro atoms. The molecule has 9 heteroatoms. The molecule has 1 aliphatic heterocycles. The summed E-state index contributed by atoms with van der Waals surface area (Å²) in [6.07, 6.45) is 5.97. The third kappa shape index (κ3) is 3.81. The van der Waals surface area contributed by atoms with Crippen molar-refractivity contribution in [2.45, 2.75) is 38.6 Å². The van der Waals surface area contributed by atoms with E-state index in [1.165, 1.54) is 11.3 Å². The number of rotatable bonds is 5. The van der Waals surface area contributed by atoms with Crippen LogP contribution in [0.5, 0.6) is 0 Å². The van der Waals surface area contributed by atoms with Crippen molar-refractivity contribution in [2.24, 2.45) is 0 Å². The molecule has 8 nitrogen and oxygen atoms in total. The summed E-state index contributed by atoms with van der Waals surface area (Å²) in [5, 5.41) is 6.35. The van der Waals surface area contributed by atoms with Gasteiger partial charge in [-0.15, -0.1) is 11.3 Å². The van der Waals surface area contributed by atoms with Crippen LogP contribution >= 0.6 is 11.3 Å². The molecule has 31 heavy (non-hydrogen) atoms. The largest absolute Gasteiger partial charge is 0.336 e. The first kappa shape index (κ1) is 19.7. The summed E-state index contributed by atoms with van der Waals surface area (Å²) in [4.78, 5) is 45.4. The van der Waals surface area contributed by atoms with E-state index in [0.29, 0.717) is 18.8 Å². The highest BCUT2D eigenvalue weighted by Crippen LogP contribution is 2.33. The van der Waals surface area contributed by atoms with Crippen LogP contribution in [0.15, 0.2) is 35.4 Å². The number of hydrogen-bond acceptors (Lipinski definition) is 5. The number of fused-ring (bicyclic) bond motifs is 3. The second-order valence-electron chi connectivity index (χ2n) is 7.86. The molecular formula is C22H23N5O3S. The van der Waals surface area contributed by atoms with Crippen molar-refractivity contribution >= 4 is 44.9 Å². The number of carbonyl (C=O) groups is 2. The molecule has 2 N–H and O–H groups in total. The Balaban J connectivity index is 1.24. The Hall–Kier alpha value is -3.20. The van der Waals surface area contributed by atoms with E-state index >= 15 is 0 Å². The van der Waals surface area contributed by atoms with Gasteiger partial charge < -0.3 is 10.6 Å². The van der Waals surface area contributed by atoms with Crippen LogP contribution in [0.1, 0.15) is 29.7 Å². The Morgan fingerprint density at radius 3 is 2.74 bits per heavy atom. The third-order valence-electron chi connectivity index (χ3n) is 5.84. The van der Waals surface area contributed by atoms with Crippen molar-refractivity contribution in [1.29, 1.82) is 0 Å². The molecule has 0 bridgehead atoms. The van der Waals surface area contributed by atoms with Gasteiger partial charge in [-0.3, -0.25) is 19.1 Å². The van der Waals surface area contributed by atoms with Crippen LogP contribution in [0.2, 0.25) is 0 Å². The standard InChI is InChI=1S/C22H23N5O3S/c28-18(25-14-5-7-15(8-6-14)27-12-10-23-22(27)30)9-11-26-13-24-20-19(21(26)29)16-3-1-2-4-17(16)31-20/h5-8,13H,1-4,9-12H2,(H,23,30)(H,25,28). The van der Waals surface area contributed by atoms with Gasteiger partial charge in [-0.1, -0.05) is 0 Å². The molecule has 5 rings (SSSR count). The lowest BCUT2D eigenvalue weighted by Crippen LogP contribution is -2.27. The number of anilines is 2. The number of thiophene rings is 1. The topological polar surface area (TPSA) is 96.3 Å². The van der Waals surface area contributed by atoms with Crippen LogP contribution in [0, 0.1) is 0 Å². The van der Waals surface area contributed by atoms with E-state index in [0.717, 1.165) is 40.7 Å². The maximum Gasteiger partial charge on any atom is 0.321 e. The molecule has 3 amide bonds. The zero-order valence-electron chi connectivity index (χ0n) is 17.0. The number of aryl methyl sites for hydroxylation is 3.